The predicted molar refractivity (Wildman–Crippen MR) is 83.9 cm³/mol. The van der Waals surface area contributed by atoms with E-state index in [1.165, 1.54) is 10.9 Å². The van der Waals surface area contributed by atoms with Gasteiger partial charge in [-0.25, -0.2) is 9.67 Å². The molecule has 2 aromatic rings. The molecule has 22 heavy (non-hydrogen) atoms. The Morgan fingerprint density at radius 1 is 1.50 bits per heavy atom. The number of aliphatic hydroxyl groups excluding tert-OH is 1. The monoisotopic (exact) mass is 325 g/mol. The van der Waals surface area contributed by atoms with Crippen LogP contribution < -0.4 is 10.9 Å². The number of rotatable bonds is 5. The highest BCUT2D eigenvalue weighted by Gasteiger charge is 2.15. The third-order valence-corrected chi connectivity index (χ3v) is 3.52. The molecule has 0 aliphatic carbocycles. The molecule has 0 aromatic carbocycles. The summed E-state index contributed by atoms with van der Waals surface area (Å²) in [6.45, 7) is 5.86. The van der Waals surface area contributed by atoms with Gasteiger partial charge >= 0.3 is 0 Å². The maximum Gasteiger partial charge on any atom is 0.262 e. The first-order valence-electron chi connectivity index (χ1n) is 6.80. The fourth-order valence-electron chi connectivity index (χ4n) is 1.86. The van der Waals surface area contributed by atoms with Crippen LogP contribution in [0.15, 0.2) is 16.1 Å². The topological polar surface area (TPSA) is 113 Å². The van der Waals surface area contributed by atoms with Gasteiger partial charge in [0.1, 0.15) is 5.39 Å². The smallest absolute Gasteiger partial charge is 0.262 e. The number of hydrogen-bond donors (Lipinski definition) is 3. The number of carbonyl (C=O) groups excluding carboxylic acids is 1. The number of amides is 1. The number of nitrogens with zero attached hydrogens (tertiary/aromatic N) is 3. The second-order valence-corrected chi connectivity index (χ2v) is 6.75. The normalized spacial score (nSPS) is 11.8. The second kappa shape index (κ2) is 6.49. The van der Waals surface area contributed by atoms with Crippen molar-refractivity contribution in [3.8, 4) is 0 Å². The van der Waals surface area contributed by atoms with Crippen LogP contribution in [0.25, 0.3) is 11.0 Å². The van der Waals surface area contributed by atoms with Crippen LogP contribution in [0.2, 0.25) is 0 Å². The van der Waals surface area contributed by atoms with Crippen molar-refractivity contribution in [2.45, 2.75) is 38.0 Å². The molecule has 120 valence electrons. The average molecular weight is 325 g/mol. The molecule has 0 saturated heterocycles. The lowest BCUT2D eigenvalue weighted by Crippen LogP contribution is -2.41. The number of aliphatic hydroxyl groups is 1. The number of thioether (sulfide) groups is 1. The third kappa shape index (κ3) is 4.08. The van der Waals surface area contributed by atoms with Gasteiger partial charge in [0.25, 0.3) is 5.56 Å². The number of H-pyrrole nitrogens is 1. The first-order valence-corrected chi connectivity index (χ1v) is 7.79. The second-order valence-electron chi connectivity index (χ2n) is 5.79. The van der Waals surface area contributed by atoms with Crippen LogP contribution in [0, 0.1) is 0 Å². The fraction of sp³-hybridized carbons (Fsp3) is 0.538. The Labute approximate surface area is 131 Å². The fourth-order valence-corrected chi connectivity index (χ4v) is 2.52. The van der Waals surface area contributed by atoms with Crippen LogP contribution in [0.4, 0.5) is 0 Å². The van der Waals surface area contributed by atoms with Crippen LogP contribution >= 0.6 is 11.8 Å². The molecule has 0 unspecified atom stereocenters. The lowest BCUT2D eigenvalue weighted by molar-refractivity contribution is -0.119. The summed E-state index contributed by atoms with van der Waals surface area (Å²) in [5.41, 5.74) is -0.216. The van der Waals surface area contributed by atoms with E-state index in [1.807, 2.05) is 20.8 Å². The highest BCUT2D eigenvalue weighted by atomic mass is 32.2. The number of fused-ring (bicyclic) bond motifs is 1. The van der Waals surface area contributed by atoms with E-state index in [-0.39, 0.29) is 35.9 Å². The minimum absolute atomic E-state index is 0.0955. The Kier molecular flexibility index (Phi) is 4.87. The largest absolute Gasteiger partial charge is 0.394 e. The van der Waals surface area contributed by atoms with Gasteiger partial charge in [0, 0.05) is 5.54 Å². The molecule has 2 aromatic heterocycles. The third-order valence-electron chi connectivity index (χ3n) is 2.65. The molecular weight excluding hydrogens is 306 g/mol. The Balaban J connectivity index is 2.16. The van der Waals surface area contributed by atoms with Crippen molar-refractivity contribution >= 4 is 28.7 Å². The molecule has 2 heterocycles. The van der Waals surface area contributed by atoms with Crippen LogP contribution in [0.1, 0.15) is 20.8 Å². The van der Waals surface area contributed by atoms with Gasteiger partial charge in [0.2, 0.25) is 5.91 Å². The summed E-state index contributed by atoms with van der Waals surface area (Å²) in [5, 5.41) is 16.5. The van der Waals surface area contributed by atoms with Crippen molar-refractivity contribution in [1.82, 2.24) is 25.1 Å². The summed E-state index contributed by atoms with van der Waals surface area (Å²) in [4.78, 5) is 30.7. The Hall–Kier alpha value is -1.87. The minimum Gasteiger partial charge on any atom is -0.394 e. The van der Waals surface area contributed by atoms with Crippen molar-refractivity contribution in [2.75, 3.05) is 12.4 Å². The Bertz CT molecular complexity index is 731. The molecule has 0 fully saturated rings. The highest BCUT2D eigenvalue weighted by Crippen LogP contribution is 2.15. The van der Waals surface area contributed by atoms with Crippen molar-refractivity contribution in [2.24, 2.45) is 0 Å². The standard InChI is InChI=1S/C13H19N5O3S/c1-13(2,3)17-9(20)7-22-12-15-10-8(11(21)16-12)6-14-18(10)4-5-19/h6,19H,4-5,7H2,1-3H3,(H,17,20)(H,15,16,21). The van der Waals surface area contributed by atoms with Crippen LogP contribution in [0.3, 0.4) is 0 Å². The van der Waals surface area contributed by atoms with Crippen molar-refractivity contribution < 1.29 is 9.90 Å². The van der Waals surface area contributed by atoms with Crippen molar-refractivity contribution in [1.29, 1.82) is 0 Å². The lowest BCUT2D eigenvalue weighted by Gasteiger charge is -2.20. The van der Waals surface area contributed by atoms with Gasteiger partial charge < -0.3 is 15.4 Å². The van der Waals surface area contributed by atoms with Crippen molar-refractivity contribution in [3.63, 3.8) is 0 Å². The summed E-state index contributed by atoms with van der Waals surface area (Å²) in [6, 6.07) is 0. The maximum atomic E-state index is 12.0. The number of hydrogen-bond acceptors (Lipinski definition) is 6. The molecule has 2 rings (SSSR count). The predicted octanol–water partition coefficient (Wildman–Crippen LogP) is 0.119. The van der Waals surface area contributed by atoms with Crippen LogP contribution in [0.5, 0.6) is 0 Å². The van der Waals surface area contributed by atoms with E-state index in [9.17, 15) is 9.59 Å². The van der Waals surface area contributed by atoms with Gasteiger partial charge in [0.05, 0.1) is 25.1 Å². The van der Waals surface area contributed by atoms with E-state index >= 15 is 0 Å². The molecular formula is C13H19N5O3S. The molecule has 3 N–H and O–H groups in total. The molecule has 0 bridgehead atoms. The molecule has 8 nitrogen and oxygen atoms in total. The first kappa shape index (κ1) is 16.5. The van der Waals surface area contributed by atoms with Gasteiger partial charge in [-0.15, -0.1) is 0 Å². The van der Waals surface area contributed by atoms with Crippen molar-refractivity contribution in [3.05, 3.63) is 16.6 Å². The molecule has 0 atom stereocenters. The number of nitrogens with one attached hydrogen (secondary N) is 2. The maximum absolute atomic E-state index is 12.0. The minimum atomic E-state index is -0.312. The van der Waals surface area contributed by atoms with Gasteiger partial charge in [-0.1, -0.05) is 11.8 Å². The zero-order valence-corrected chi connectivity index (χ0v) is 13.5. The van der Waals surface area contributed by atoms with E-state index in [1.54, 1.807) is 0 Å². The number of aromatic amines is 1. The summed E-state index contributed by atoms with van der Waals surface area (Å²) in [5.74, 6) is 0.0176. The van der Waals surface area contributed by atoms with E-state index in [0.29, 0.717) is 16.2 Å². The van der Waals surface area contributed by atoms with E-state index in [2.05, 4.69) is 20.4 Å². The van der Waals surface area contributed by atoms with Gasteiger partial charge in [-0.05, 0) is 20.8 Å². The van der Waals surface area contributed by atoms with E-state index in [0.717, 1.165) is 11.8 Å². The van der Waals surface area contributed by atoms with Crippen LogP contribution in [-0.2, 0) is 11.3 Å². The molecule has 1 amide bonds. The highest BCUT2D eigenvalue weighted by molar-refractivity contribution is 7.99. The Morgan fingerprint density at radius 2 is 2.23 bits per heavy atom. The van der Waals surface area contributed by atoms with E-state index in [4.69, 9.17) is 5.11 Å². The summed E-state index contributed by atoms with van der Waals surface area (Å²) >= 11 is 1.15. The quantitative estimate of drug-likeness (QED) is 0.531. The number of carbonyl (C=O) groups is 1. The zero-order chi connectivity index (χ0) is 16.3. The Morgan fingerprint density at radius 3 is 2.86 bits per heavy atom. The first-order chi connectivity index (χ1) is 10.3. The lowest BCUT2D eigenvalue weighted by atomic mass is 10.1. The van der Waals surface area contributed by atoms with Gasteiger partial charge in [0.15, 0.2) is 10.8 Å². The van der Waals surface area contributed by atoms with Gasteiger partial charge in [-0.3, -0.25) is 9.59 Å². The summed E-state index contributed by atoms with van der Waals surface area (Å²) in [7, 11) is 0. The molecule has 0 saturated carbocycles. The molecule has 0 radical (unpaired) electrons. The molecule has 0 aliphatic rings. The summed E-state index contributed by atoms with van der Waals surface area (Å²) in [6.07, 6.45) is 1.41. The zero-order valence-electron chi connectivity index (χ0n) is 12.7. The molecule has 0 spiro atoms. The number of aromatic nitrogens is 4. The SMILES string of the molecule is CC(C)(C)NC(=O)CSc1nc2c(cnn2CCO)c(=O)[nH]1. The molecule has 9 heteroatoms. The summed E-state index contributed by atoms with van der Waals surface area (Å²) < 4.78 is 1.46. The van der Waals surface area contributed by atoms with E-state index < -0.39 is 0 Å². The van der Waals surface area contributed by atoms with Gasteiger partial charge in [-0.2, -0.15) is 5.10 Å². The molecule has 0 aliphatic heterocycles. The average Bonchev–Trinajstić information content (AvgIpc) is 2.79. The van der Waals surface area contributed by atoms with Crippen LogP contribution in [-0.4, -0.2) is 48.7 Å².